The van der Waals surface area contributed by atoms with E-state index in [0.29, 0.717) is 30.8 Å². The second-order valence-corrected chi connectivity index (χ2v) is 6.08. The van der Waals surface area contributed by atoms with E-state index in [9.17, 15) is 9.59 Å². The molecule has 1 saturated heterocycles. The van der Waals surface area contributed by atoms with E-state index in [2.05, 4.69) is 16.0 Å². The van der Waals surface area contributed by atoms with Gasteiger partial charge in [0, 0.05) is 24.7 Å². The Morgan fingerprint density at radius 3 is 2.32 bits per heavy atom. The zero-order chi connectivity index (χ0) is 17.6. The molecule has 1 atom stereocenters. The molecule has 2 aromatic carbocycles. The van der Waals surface area contributed by atoms with Crippen molar-refractivity contribution in [2.45, 2.75) is 25.8 Å². The summed E-state index contributed by atoms with van der Waals surface area (Å²) in [5.41, 5.74) is 1.85. The topological polar surface area (TPSA) is 79.5 Å². The van der Waals surface area contributed by atoms with E-state index in [-0.39, 0.29) is 18.0 Å². The fourth-order valence-corrected chi connectivity index (χ4v) is 2.56. The molecule has 1 fully saturated rings. The zero-order valence-corrected chi connectivity index (χ0v) is 14.0. The van der Waals surface area contributed by atoms with E-state index in [1.54, 1.807) is 24.3 Å². The minimum atomic E-state index is -0.284. The van der Waals surface area contributed by atoms with Crippen molar-refractivity contribution >= 4 is 17.6 Å². The third kappa shape index (κ3) is 4.97. The smallest absolute Gasteiger partial charge is 0.319 e. The first-order valence-electron chi connectivity index (χ1n) is 8.27. The first-order valence-corrected chi connectivity index (χ1v) is 8.27. The molecular weight excluding hydrogens is 318 g/mol. The standard InChI is InChI=1S/C19H21N3O3/c1-13-2-7-16(8-3-13)25-17-9-4-14(5-10-17)21-19(24)22-15-6-11-18(23)20-12-15/h2-5,7-10,15H,6,11-12H2,1H3,(H,20,23)(H2,21,22,24). The molecule has 0 saturated carbocycles. The number of nitrogens with one attached hydrogen (secondary N) is 3. The summed E-state index contributed by atoms with van der Waals surface area (Å²) in [7, 11) is 0. The Morgan fingerprint density at radius 2 is 1.72 bits per heavy atom. The molecule has 3 rings (SSSR count). The van der Waals surface area contributed by atoms with Crippen LogP contribution in [0.15, 0.2) is 48.5 Å². The average Bonchev–Trinajstić information content (AvgIpc) is 2.61. The van der Waals surface area contributed by atoms with Crippen LogP contribution in [0.3, 0.4) is 0 Å². The van der Waals surface area contributed by atoms with Gasteiger partial charge in [-0.25, -0.2) is 4.79 Å². The maximum Gasteiger partial charge on any atom is 0.319 e. The van der Waals surface area contributed by atoms with E-state index in [1.807, 2.05) is 31.2 Å². The van der Waals surface area contributed by atoms with Gasteiger partial charge in [0.1, 0.15) is 11.5 Å². The first-order chi connectivity index (χ1) is 12.1. The number of aryl methyl sites for hydroxylation is 1. The van der Waals surface area contributed by atoms with Crippen molar-refractivity contribution in [3.8, 4) is 11.5 Å². The van der Waals surface area contributed by atoms with Crippen molar-refractivity contribution in [3.05, 3.63) is 54.1 Å². The SMILES string of the molecule is Cc1ccc(Oc2ccc(NC(=O)NC3CCC(=O)NC3)cc2)cc1. The highest BCUT2D eigenvalue weighted by atomic mass is 16.5. The van der Waals surface area contributed by atoms with Crippen LogP contribution in [0.25, 0.3) is 0 Å². The molecule has 3 N–H and O–H groups in total. The van der Waals surface area contributed by atoms with Crippen molar-refractivity contribution in [1.29, 1.82) is 0 Å². The number of benzene rings is 2. The number of hydrogen-bond donors (Lipinski definition) is 3. The van der Waals surface area contributed by atoms with Crippen LogP contribution in [0.2, 0.25) is 0 Å². The third-order valence-electron chi connectivity index (χ3n) is 3.97. The summed E-state index contributed by atoms with van der Waals surface area (Å²) >= 11 is 0. The molecule has 6 nitrogen and oxygen atoms in total. The second-order valence-electron chi connectivity index (χ2n) is 6.08. The summed E-state index contributed by atoms with van der Waals surface area (Å²) in [4.78, 5) is 23.1. The van der Waals surface area contributed by atoms with Crippen LogP contribution in [0, 0.1) is 6.92 Å². The molecule has 2 aromatic rings. The van der Waals surface area contributed by atoms with Gasteiger partial charge in [0.05, 0.1) is 0 Å². The molecule has 1 unspecified atom stereocenters. The Morgan fingerprint density at radius 1 is 1.08 bits per heavy atom. The number of rotatable bonds is 4. The zero-order valence-electron chi connectivity index (χ0n) is 14.0. The van der Waals surface area contributed by atoms with Crippen molar-refractivity contribution in [3.63, 3.8) is 0 Å². The number of carbonyl (C=O) groups is 2. The van der Waals surface area contributed by atoms with Gasteiger partial charge in [0.2, 0.25) is 5.91 Å². The Bertz CT molecular complexity index is 732. The molecule has 0 aliphatic carbocycles. The van der Waals surface area contributed by atoms with Gasteiger partial charge in [-0.3, -0.25) is 4.79 Å². The largest absolute Gasteiger partial charge is 0.457 e. The Kier molecular flexibility index (Phi) is 5.18. The summed E-state index contributed by atoms with van der Waals surface area (Å²) in [6, 6.07) is 14.7. The maximum atomic E-state index is 12.0. The van der Waals surface area contributed by atoms with Crippen LogP contribution in [0.4, 0.5) is 10.5 Å². The lowest BCUT2D eigenvalue weighted by atomic mass is 10.1. The van der Waals surface area contributed by atoms with E-state index >= 15 is 0 Å². The molecule has 3 amide bonds. The molecular formula is C19H21N3O3. The van der Waals surface area contributed by atoms with Gasteiger partial charge in [-0.2, -0.15) is 0 Å². The summed E-state index contributed by atoms with van der Waals surface area (Å²) in [5.74, 6) is 1.50. The van der Waals surface area contributed by atoms with E-state index < -0.39 is 0 Å². The van der Waals surface area contributed by atoms with Crippen molar-refractivity contribution in [2.24, 2.45) is 0 Å². The van der Waals surface area contributed by atoms with Crippen molar-refractivity contribution in [1.82, 2.24) is 10.6 Å². The van der Waals surface area contributed by atoms with Gasteiger partial charge < -0.3 is 20.7 Å². The van der Waals surface area contributed by atoms with Crippen LogP contribution >= 0.6 is 0 Å². The Balaban J connectivity index is 1.50. The molecule has 0 bridgehead atoms. The molecule has 25 heavy (non-hydrogen) atoms. The number of anilines is 1. The van der Waals surface area contributed by atoms with Crippen LogP contribution in [0.5, 0.6) is 11.5 Å². The molecule has 6 heteroatoms. The molecule has 1 aliphatic heterocycles. The summed E-state index contributed by atoms with van der Waals surface area (Å²) in [6.45, 7) is 2.49. The highest BCUT2D eigenvalue weighted by Crippen LogP contribution is 2.23. The van der Waals surface area contributed by atoms with Gasteiger partial charge >= 0.3 is 6.03 Å². The normalized spacial score (nSPS) is 16.7. The predicted molar refractivity (Wildman–Crippen MR) is 95.9 cm³/mol. The monoisotopic (exact) mass is 339 g/mol. The molecule has 1 aliphatic rings. The Hall–Kier alpha value is -3.02. The third-order valence-corrected chi connectivity index (χ3v) is 3.97. The van der Waals surface area contributed by atoms with Gasteiger partial charge in [-0.1, -0.05) is 17.7 Å². The number of urea groups is 1. The van der Waals surface area contributed by atoms with Crippen molar-refractivity contribution in [2.75, 3.05) is 11.9 Å². The molecule has 0 spiro atoms. The van der Waals surface area contributed by atoms with Gasteiger partial charge in [-0.05, 0) is 49.7 Å². The molecule has 0 radical (unpaired) electrons. The summed E-state index contributed by atoms with van der Waals surface area (Å²) in [6.07, 6.45) is 1.10. The van der Waals surface area contributed by atoms with Gasteiger partial charge in [-0.15, -0.1) is 0 Å². The number of amides is 3. The number of piperidine rings is 1. The Labute approximate surface area is 146 Å². The molecule has 130 valence electrons. The predicted octanol–water partition coefficient (Wildman–Crippen LogP) is 3.19. The van der Waals surface area contributed by atoms with Crippen molar-refractivity contribution < 1.29 is 14.3 Å². The maximum absolute atomic E-state index is 12.0. The fraction of sp³-hybridized carbons (Fsp3) is 0.263. The number of ether oxygens (including phenoxy) is 1. The lowest BCUT2D eigenvalue weighted by molar-refractivity contribution is -0.122. The minimum absolute atomic E-state index is 0.0302. The molecule has 1 heterocycles. The van der Waals surface area contributed by atoms with Crippen LogP contribution in [-0.4, -0.2) is 24.5 Å². The second kappa shape index (κ2) is 7.70. The number of carbonyl (C=O) groups excluding carboxylic acids is 2. The summed E-state index contributed by atoms with van der Waals surface area (Å²) in [5, 5.41) is 8.37. The first kappa shape index (κ1) is 16.8. The molecule has 0 aromatic heterocycles. The fourth-order valence-electron chi connectivity index (χ4n) is 2.56. The average molecular weight is 339 g/mol. The lowest BCUT2D eigenvalue weighted by Gasteiger charge is -2.23. The lowest BCUT2D eigenvalue weighted by Crippen LogP contribution is -2.48. The minimum Gasteiger partial charge on any atom is -0.457 e. The highest BCUT2D eigenvalue weighted by Gasteiger charge is 2.19. The summed E-state index contributed by atoms with van der Waals surface area (Å²) < 4.78 is 5.76. The van der Waals surface area contributed by atoms with E-state index in [1.165, 1.54) is 5.56 Å². The highest BCUT2D eigenvalue weighted by molar-refractivity contribution is 5.89. The van der Waals surface area contributed by atoms with Crippen LogP contribution in [0.1, 0.15) is 18.4 Å². The number of hydrogen-bond acceptors (Lipinski definition) is 3. The van der Waals surface area contributed by atoms with Gasteiger partial charge in [0.15, 0.2) is 0 Å². The van der Waals surface area contributed by atoms with E-state index in [4.69, 9.17) is 4.74 Å². The van der Waals surface area contributed by atoms with Crippen LogP contribution in [-0.2, 0) is 4.79 Å². The van der Waals surface area contributed by atoms with Crippen LogP contribution < -0.4 is 20.7 Å². The van der Waals surface area contributed by atoms with Gasteiger partial charge in [0.25, 0.3) is 0 Å². The quantitative estimate of drug-likeness (QED) is 0.800. The van der Waals surface area contributed by atoms with E-state index in [0.717, 1.165) is 5.75 Å².